The zero-order valence-electron chi connectivity index (χ0n) is 14.0. The number of amides is 2. The highest BCUT2D eigenvalue weighted by atomic mass is 19.4. The molecule has 0 unspecified atom stereocenters. The fourth-order valence-electron chi connectivity index (χ4n) is 2.37. The van der Waals surface area contributed by atoms with Crippen LogP contribution in [0.3, 0.4) is 0 Å². The van der Waals surface area contributed by atoms with Gasteiger partial charge >= 0.3 is 6.18 Å². The van der Waals surface area contributed by atoms with Gasteiger partial charge in [0.2, 0.25) is 11.8 Å². The number of hydrogen-bond donors (Lipinski definition) is 2. The molecule has 0 atom stereocenters. The molecule has 0 saturated carbocycles. The van der Waals surface area contributed by atoms with Crippen LogP contribution < -0.4 is 10.6 Å². The first-order valence-corrected chi connectivity index (χ1v) is 7.59. The third kappa shape index (κ3) is 5.27. The molecule has 0 bridgehead atoms. The smallest absolute Gasteiger partial charge is 0.326 e. The molecule has 7 nitrogen and oxygen atoms in total. The van der Waals surface area contributed by atoms with E-state index in [1.54, 1.807) is 0 Å². The maximum absolute atomic E-state index is 13.3. The molecule has 2 amide bonds. The van der Waals surface area contributed by atoms with Gasteiger partial charge in [-0.15, -0.1) is 0 Å². The zero-order valence-corrected chi connectivity index (χ0v) is 14.0. The Balaban J connectivity index is 2.27. The third-order valence-electron chi connectivity index (χ3n) is 3.46. The number of para-hydroxylation sites is 1. The molecule has 2 aromatic carbocycles. The minimum Gasteiger partial charge on any atom is -0.326 e. The predicted octanol–water partition coefficient (Wildman–Crippen LogP) is 3.75. The molecule has 0 radical (unpaired) electrons. The Bertz CT molecular complexity index is 897. The lowest BCUT2D eigenvalue weighted by molar-refractivity contribution is -0.385. The fourth-order valence-corrected chi connectivity index (χ4v) is 2.37. The Morgan fingerprint density at radius 3 is 2.37 bits per heavy atom. The lowest BCUT2D eigenvalue weighted by Gasteiger charge is -2.15. The van der Waals surface area contributed by atoms with Gasteiger partial charge in [0.15, 0.2) is 0 Å². The standard InChI is InChI=1S/C17H14F3N3O4/c1-10(24)21-12-6-7-14(13(9-12)17(18,19)20)22-16(25)8-11-4-2-3-5-15(11)23(26)27/h2-7,9H,8H2,1H3,(H,21,24)(H,22,25). The maximum Gasteiger partial charge on any atom is 0.418 e. The number of nitro benzene ring substituents is 1. The fraction of sp³-hybridized carbons (Fsp3) is 0.176. The van der Waals surface area contributed by atoms with Gasteiger partial charge in [-0.1, -0.05) is 18.2 Å². The second kappa shape index (κ2) is 7.85. The highest BCUT2D eigenvalue weighted by Crippen LogP contribution is 2.36. The largest absolute Gasteiger partial charge is 0.418 e. The zero-order chi connectivity index (χ0) is 20.2. The minimum atomic E-state index is -4.78. The number of hydrogen-bond acceptors (Lipinski definition) is 4. The number of carbonyl (C=O) groups excluding carboxylic acids is 2. The van der Waals surface area contributed by atoms with E-state index in [4.69, 9.17) is 0 Å². The molecule has 142 valence electrons. The van der Waals surface area contributed by atoms with Crippen molar-refractivity contribution in [3.63, 3.8) is 0 Å². The molecule has 2 rings (SSSR count). The van der Waals surface area contributed by atoms with Gasteiger partial charge in [0.05, 0.1) is 22.6 Å². The summed E-state index contributed by atoms with van der Waals surface area (Å²) in [5.74, 6) is -1.39. The van der Waals surface area contributed by atoms with Crippen molar-refractivity contribution in [3.8, 4) is 0 Å². The van der Waals surface area contributed by atoms with Gasteiger partial charge in [-0.3, -0.25) is 19.7 Å². The van der Waals surface area contributed by atoms with E-state index in [1.165, 1.54) is 30.3 Å². The van der Waals surface area contributed by atoms with E-state index >= 15 is 0 Å². The van der Waals surface area contributed by atoms with E-state index in [2.05, 4.69) is 10.6 Å². The molecule has 10 heteroatoms. The maximum atomic E-state index is 13.3. The number of nitro groups is 1. The second-order valence-corrected chi connectivity index (χ2v) is 5.55. The number of carbonyl (C=O) groups is 2. The van der Waals surface area contributed by atoms with E-state index in [0.717, 1.165) is 13.0 Å². The van der Waals surface area contributed by atoms with Gasteiger partial charge < -0.3 is 10.6 Å². The molecule has 27 heavy (non-hydrogen) atoms. The Hall–Kier alpha value is -3.43. The molecule has 0 saturated heterocycles. The Morgan fingerprint density at radius 1 is 1.11 bits per heavy atom. The minimum absolute atomic E-state index is 0.0726. The highest BCUT2D eigenvalue weighted by molar-refractivity contribution is 5.94. The van der Waals surface area contributed by atoms with E-state index < -0.39 is 40.6 Å². The van der Waals surface area contributed by atoms with E-state index in [-0.39, 0.29) is 16.9 Å². The van der Waals surface area contributed by atoms with Crippen LogP contribution in [0.1, 0.15) is 18.1 Å². The first-order valence-electron chi connectivity index (χ1n) is 7.59. The Labute approximate surface area is 151 Å². The Morgan fingerprint density at radius 2 is 1.78 bits per heavy atom. The highest BCUT2D eigenvalue weighted by Gasteiger charge is 2.34. The number of benzene rings is 2. The summed E-state index contributed by atoms with van der Waals surface area (Å²) in [6, 6.07) is 8.36. The van der Waals surface area contributed by atoms with Gasteiger partial charge in [-0.2, -0.15) is 13.2 Å². The summed E-state index contributed by atoms with van der Waals surface area (Å²) in [7, 11) is 0. The van der Waals surface area contributed by atoms with Crippen molar-refractivity contribution in [3.05, 3.63) is 63.7 Å². The summed E-state index contributed by atoms with van der Waals surface area (Å²) in [5.41, 5.74) is -1.97. The van der Waals surface area contributed by atoms with Crippen molar-refractivity contribution in [1.29, 1.82) is 0 Å². The molecule has 0 aliphatic carbocycles. The summed E-state index contributed by atoms with van der Waals surface area (Å²) in [6.07, 6.45) is -5.25. The van der Waals surface area contributed by atoms with Gasteiger partial charge in [-0.05, 0) is 18.2 Å². The molecule has 0 spiro atoms. The summed E-state index contributed by atoms with van der Waals surface area (Å²) in [4.78, 5) is 33.4. The average Bonchev–Trinajstić information content (AvgIpc) is 2.55. The van der Waals surface area contributed by atoms with E-state index in [9.17, 15) is 32.9 Å². The number of anilines is 2. The van der Waals surface area contributed by atoms with Crippen molar-refractivity contribution in [2.75, 3.05) is 10.6 Å². The lowest BCUT2D eigenvalue weighted by Crippen LogP contribution is -2.19. The molecule has 2 N–H and O–H groups in total. The van der Waals surface area contributed by atoms with Crippen molar-refractivity contribution in [1.82, 2.24) is 0 Å². The summed E-state index contributed by atoms with van der Waals surface area (Å²) < 4.78 is 39.8. The van der Waals surface area contributed by atoms with Crippen LogP contribution >= 0.6 is 0 Å². The molecule has 0 fully saturated rings. The average molecular weight is 381 g/mol. The topological polar surface area (TPSA) is 101 Å². The van der Waals surface area contributed by atoms with Gasteiger partial charge in [0, 0.05) is 24.2 Å². The second-order valence-electron chi connectivity index (χ2n) is 5.55. The molecular weight excluding hydrogens is 367 g/mol. The van der Waals surface area contributed by atoms with Crippen molar-refractivity contribution < 1.29 is 27.7 Å². The van der Waals surface area contributed by atoms with Gasteiger partial charge in [0.25, 0.3) is 5.69 Å². The molecule has 2 aromatic rings. The van der Waals surface area contributed by atoms with Crippen LogP contribution in [0.25, 0.3) is 0 Å². The quantitative estimate of drug-likeness (QED) is 0.608. The van der Waals surface area contributed by atoms with Crippen LogP contribution in [-0.2, 0) is 22.2 Å². The summed E-state index contributed by atoms with van der Waals surface area (Å²) in [6.45, 7) is 1.15. The molecule has 0 heterocycles. The predicted molar refractivity (Wildman–Crippen MR) is 91.2 cm³/mol. The van der Waals surface area contributed by atoms with Crippen molar-refractivity contribution in [2.45, 2.75) is 19.5 Å². The number of alkyl halides is 3. The first kappa shape index (κ1) is 19.9. The Kier molecular flexibility index (Phi) is 5.78. The monoisotopic (exact) mass is 381 g/mol. The molecular formula is C17H14F3N3O4. The number of halogens is 3. The number of nitrogens with zero attached hydrogens (tertiary/aromatic N) is 1. The third-order valence-corrected chi connectivity index (χ3v) is 3.46. The van der Waals surface area contributed by atoms with Crippen LogP contribution in [0.15, 0.2) is 42.5 Å². The lowest BCUT2D eigenvalue weighted by atomic mass is 10.1. The van der Waals surface area contributed by atoms with Gasteiger partial charge in [-0.25, -0.2) is 0 Å². The summed E-state index contributed by atoms with van der Waals surface area (Å²) in [5, 5.41) is 15.3. The van der Waals surface area contributed by atoms with Crippen LogP contribution in [0, 0.1) is 10.1 Å². The van der Waals surface area contributed by atoms with E-state index in [1.807, 2.05) is 0 Å². The van der Waals surface area contributed by atoms with Crippen LogP contribution in [0.2, 0.25) is 0 Å². The number of rotatable bonds is 5. The van der Waals surface area contributed by atoms with Crippen molar-refractivity contribution >= 4 is 28.9 Å². The van der Waals surface area contributed by atoms with Crippen LogP contribution in [0.5, 0.6) is 0 Å². The van der Waals surface area contributed by atoms with Gasteiger partial charge in [0.1, 0.15) is 0 Å². The first-order chi connectivity index (χ1) is 12.6. The normalized spacial score (nSPS) is 11.0. The SMILES string of the molecule is CC(=O)Nc1ccc(NC(=O)Cc2ccccc2[N+](=O)[O-])c(C(F)(F)F)c1. The van der Waals surface area contributed by atoms with Crippen LogP contribution in [0.4, 0.5) is 30.2 Å². The molecule has 0 aliphatic rings. The number of nitrogens with one attached hydrogen (secondary N) is 2. The molecule has 0 aromatic heterocycles. The van der Waals surface area contributed by atoms with E-state index in [0.29, 0.717) is 6.07 Å². The summed E-state index contributed by atoms with van der Waals surface area (Å²) >= 11 is 0. The molecule has 0 aliphatic heterocycles. The van der Waals surface area contributed by atoms with Crippen molar-refractivity contribution in [2.24, 2.45) is 0 Å². The van der Waals surface area contributed by atoms with Crippen LogP contribution in [-0.4, -0.2) is 16.7 Å².